The van der Waals surface area contributed by atoms with E-state index in [0.717, 1.165) is 0 Å². The lowest BCUT2D eigenvalue weighted by Crippen LogP contribution is -2.50. The lowest BCUT2D eigenvalue weighted by molar-refractivity contribution is -0.163. The first-order valence-electron chi connectivity index (χ1n) is 5.98. The topological polar surface area (TPSA) is 56.6 Å². The molecule has 0 aromatic carbocycles. The first-order chi connectivity index (χ1) is 8.88. The number of hydrogen-bond donors (Lipinski definition) is 0. The molecule has 19 heavy (non-hydrogen) atoms. The molecule has 8 heteroatoms. The second-order valence-electron chi connectivity index (χ2n) is 4.21. The molecule has 0 radical (unpaired) electrons. The van der Waals surface area contributed by atoms with Crippen molar-refractivity contribution in [1.29, 1.82) is 5.26 Å². The number of nitrogens with zero attached hydrogens (tertiary/aromatic N) is 3. The van der Waals surface area contributed by atoms with Gasteiger partial charge in [0.1, 0.15) is 0 Å². The number of carbonyl (C=O) groups excluding carboxylic acids is 1. The Hall–Kier alpha value is -1.49. The van der Waals surface area contributed by atoms with Gasteiger partial charge >= 0.3 is 12.3 Å². The predicted octanol–water partition coefficient (Wildman–Crippen LogP) is 1.46. The van der Waals surface area contributed by atoms with E-state index in [4.69, 9.17) is 10.00 Å². The van der Waals surface area contributed by atoms with Crippen LogP contribution in [0.2, 0.25) is 0 Å². The second-order valence-corrected chi connectivity index (χ2v) is 4.21. The maximum Gasteiger partial charge on any atom is 0.409 e. The first-order valence-corrected chi connectivity index (χ1v) is 5.98. The van der Waals surface area contributed by atoms with E-state index in [-0.39, 0.29) is 13.2 Å². The molecule has 0 aromatic rings. The van der Waals surface area contributed by atoms with Gasteiger partial charge in [0.05, 0.1) is 12.7 Å². The quantitative estimate of drug-likeness (QED) is 0.785. The van der Waals surface area contributed by atoms with E-state index < -0.39 is 18.2 Å². The second kappa shape index (κ2) is 6.61. The van der Waals surface area contributed by atoms with Gasteiger partial charge in [-0.25, -0.2) is 4.79 Å². The van der Waals surface area contributed by atoms with Crippen molar-refractivity contribution in [1.82, 2.24) is 9.80 Å². The molecule has 1 fully saturated rings. The zero-order valence-corrected chi connectivity index (χ0v) is 10.6. The van der Waals surface area contributed by atoms with Gasteiger partial charge in [0.15, 0.2) is 5.92 Å². The minimum atomic E-state index is -4.51. The van der Waals surface area contributed by atoms with Crippen LogP contribution in [-0.4, -0.2) is 61.4 Å². The maximum atomic E-state index is 12.4. The van der Waals surface area contributed by atoms with Crippen LogP contribution in [0, 0.1) is 17.2 Å². The summed E-state index contributed by atoms with van der Waals surface area (Å²) in [5.41, 5.74) is 0. The van der Waals surface area contributed by atoms with Gasteiger partial charge in [0, 0.05) is 32.7 Å². The van der Waals surface area contributed by atoms with Crippen molar-refractivity contribution in [3.63, 3.8) is 0 Å². The minimum Gasteiger partial charge on any atom is -0.450 e. The average Bonchev–Trinajstić information content (AvgIpc) is 2.35. The third-order valence-electron chi connectivity index (χ3n) is 2.89. The smallest absolute Gasteiger partial charge is 0.409 e. The fourth-order valence-electron chi connectivity index (χ4n) is 1.80. The van der Waals surface area contributed by atoms with Gasteiger partial charge < -0.3 is 9.64 Å². The van der Waals surface area contributed by atoms with Gasteiger partial charge in [-0.2, -0.15) is 18.4 Å². The fourth-order valence-corrected chi connectivity index (χ4v) is 1.80. The number of ether oxygens (including phenoxy) is 1. The molecule has 0 saturated carbocycles. The summed E-state index contributed by atoms with van der Waals surface area (Å²) in [4.78, 5) is 14.4. The standard InChI is InChI=1S/C11H16F3N3O2/c1-2-19-10(18)17-5-3-16(4-6-17)8-9(7-15)11(12,13)14/h9H,2-6,8H2,1H3. The van der Waals surface area contributed by atoms with E-state index in [0.29, 0.717) is 26.2 Å². The molecule has 1 unspecified atom stereocenters. The monoisotopic (exact) mass is 279 g/mol. The molecule has 0 spiro atoms. The minimum absolute atomic E-state index is 0.267. The van der Waals surface area contributed by atoms with Crippen molar-refractivity contribution >= 4 is 6.09 Å². The zero-order valence-electron chi connectivity index (χ0n) is 10.6. The number of halogens is 3. The SMILES string of the molecule is CCOC(=O)N1CCN(CC(C#N)C(F)(F)F)CC1. The maximum absolute atomic E-state index is 12.4. The number of amides is 1. The third kappa shape index (κ3) is 4.59. The number of nitriles is 1. The molecule has 0 aromatic heterocycles. The Morgan fingerprint density at radius 2 is 1.95 bits per heavy atom. The molecule has 1 rings (SSSR count). The molecule has 108 valence electrons. The lowest BCUT2D eigenvalue weighted by atomic mass is 10.1. The Morgan fingerprint density at radius 3 is 2.37 bits per heavy atom. The summed E-state index contributed by atoms with van der Waals surface area (Å²) in [7, 11) is 0. The number of rotatable bonds is 3. The van der Waals surface area contributed by atoms with Crippen molar-refractivity contribution in [3.8, 4) is 6.07 Å². The van der Waals surface area contributed by atoms with Crippen molar-refractivity contribution in [2.45, 2.75) is 13.1 Å². The lowest BCUT2D eigenvalue weighted by Gasteiger charge is -2.34. The van der Waals surface area contributed by atoms with Crippen LogP contribution in [-0.2, 0) is 4.74 Å². The number of carbonyl (C=O) groups is 1. The van der Waals surface area contributed by atoms with E-state index in [1.54, 1.807) is 6.92 Å². The van der Waals surface area contributed by atoms with Gasteiger partial charge in [-0.05, 0) is 6.92 Å². The van der Waals surface area contributed by atoms with Gasteiger partial charge in [0.25, 0.3) is 0 Å². The predicted molar refractivity (Wildman–Crippen MR) is 60.2 cm³/mol. The Bertz CT molecular complexity index is 346. The van der Waals surface area contributed by atoms with Crippen LogP contribution in [0.15, 0.2) is 0 Å². The molecular weight excluding hydrogens is 263 g/mol. The molecular formula is C11H16F3N3O2. The largest absolute Gasteiger partial charge is 0.450 e. The highest BCUT2D eigenvalue weighted by molar-refractivity contribution is 5.67. The molecule has 1 atom stereocenters. The van der Waals surface area contributed by atoms with Crippen LogP contribution in [0.25, 0.3) is 0 Å². The third-order valence-corrected chi connectivity index (χ3v) is 2.89. The average molecular weight is 279 g/mol. The summed E-state index contributed by atoms with van der Waals surface area (Å²) in [5.74, 6) is -1.98. The summed E-state index contributed by atoms with van der Waals surface area (Å²) in [6.45, 7) is 2.86. The van der Waals surface area contributed by atoms with Crippen molar-refractivity contribution < 1.29 is 22.7 Å². The van der Waals surface area contributed by atoms with Crippen molar-refractivity contribution in [2.75, 3.05) is 39.3 Å². The summed E-state index contributed by atoms with van der Waals surface area (Å²) in [5, 5.41) is 8.52. The Kier molecular flexibility index (Phi) is 5.42. The summed E-state index contributed by atoms with van der Waals surface area (Å²) in [6, 6.07) is 1.27. The summed E-state index contributed by atoms with van der Waals surface area (Å²) in [6.07, 6.45) is -4.96. The van der Waals surface area contributed by atoms with Crippen LogP contribution in [0.5, 0.6) is 0 Å². The zero-order chi connectivity index (χ0) is 14.5. The van der Waals surface area contributed by atoms with Gasteiger partial charge in [-0.1, -0.05) is 0 Å². The molecule has 0 bridgehead atoms. The molecule has 5 nitrogen and oxygen atoms in total. The van der Waals surface area contributed by atoms with E-state index in [9.17, 15) is 18.0 Å². The molecule has 1 heterocycles. The molecule has 1 amide bonds. The molecule has 0 aliphatic carbocycles. The normalized spacial score (nSPS) is 18.8. The van der Waals surface area contributed by atoms with Crippen LogP contribution in [0.3, 0.4) is 0 Å². The highest BCUT2D eigenvalue weighted by Crippen LogP contribution is 2.26. The van der Waals surface area contributed by atoms with Gasteiger partial charge in [-0.3, -0.25) is 4.90 Å². The van der Waals surface area contributed by atoms with Crippen LogP contribution < -0.4 is 0 Å². The van der Waals surface area contributed by atoms with Crippen molar-refractivity contribution in [3.05, 3.63) is 0 Å². The Labute approximate surface area is 109 Å². The van der Waals surface area contributed by atoms with E-state index in [2.05, 4.69) is 0 Å². The number of alkyl halides is 3. The van der Waals surface area contributed by atoms with Crippen LogP contribution in [0.1, 0.15) is 6.92 Å². The molecule has 1 aliphatic rings. The summed E-state index contributed by atoms with van der Waals surface area (Å²) < 4.78 is 42.2. The first kappa shape index (κ1) is 15.6. The Morgan fingerprint density at radius 1 is 1.37 bits per heavy atom. The van der Waals surface area contributed by atoms with E-state index in [1.807, 2.05) is 0 Å². The summed E-state index contributed by atoms with van der Waals surface area (Å²) >= 11 is 0. The Balaban J connectivity index is 2.42. The van der Waals surface area contributed by atoms with Crippen LogP contribution >= 0.6 is 0 Å². The van der Waals surface area contributed by atoms with E-state index >= 15 is 0 Å². The number of piperazine rings is 1. The van der Waals surface area contributed by atoms with E-state index in [1.165, 1.54) is 15.9 Å². The van der Waals surface area contributed by atoms with Crippen LogP contribution in [0.4, 0.5) is 18.0 Å². The molecule has 0 N–H and O–H groups in total. The van der Waals surface area contributed by atoms with Gasteiger partial charge in [0.2, 0.25) is 0 Å². The van der Waals surface area contributed by atoms with Crippen molar-refractivity contribution in [2.24, 2.45) is 5.92 Å². The van der Waals surface area contributed by atoms with Gasteiger partial charge in [-0.15, -0.1) is 0 Å². The molecule has 1 aliphatic heterocycles. The number of hydrogen-bond acceptors (Lipinski definition) is 4. The highest BCUT2D eigenvalue weighted by Gasteiger charge is 2.41. The fraction of sp³-hybridized carbons (Fsp3) is 0.818. The highest BCUT2D eigenvalue weighted by atomic mass is 19.4. The molecule has 1 saturated heterocycles.